The number of carbonyl (C=O) groups is 3. The molecule has 0 bridgehead atoms. The molecule has 21 heavy (non-hydrogen) atoms. The lowest BCUT2D eigenvalue weighted by atomic mass is 9.93. The van der Waals surface area contributed by atoms with Gasteiger partial charge in [-0.05, 0) is 12.1 Å². The maximum atomic E-state index is 11.7. The molecule has 0 atom stereocenters. The summed E-state index contributed by atoms with van der Waals surface area (Å²) in [4.78, 5) is 38.8. The second-order valence-electron chi connectivity index (χ2n) is 4.77. The highest BCUT2D eigenvalue weighted by Gasteiger charge is 2.49. The number of aliphatic hydroxyl groups is 1. The topological polar surface area (TPSA) is 108 Å². The first-order chi connectivity index (χ1) is 9.99. The van der Waals surface area contributed by atoms with Crippen LogP contribution >= 0.6 is 0 Å². The van der Waals surface area contributed by atoms with Crippen molar-refractivity contribution < 1.29 is 19.5 Å². The Balaban J connectivity index is 1.95. The molecule has 0 aliphatic carbocycles. The van der Waals surface area contributed by atoms with Crippen molar-refractivity contribution in [2.45, 2.75) is 12.0 Å². The Hall–Kier alpha value is -2.80. The second kappa shape index (κ2) is 4.64. The first-order valence-corrected chi connectivity index (χ1v) is 6.23. The van der Waals surface area contributed by atoms with E-state index in [0.717, 1.165) is 5.39 Å². The highest BCUT2D eigenvalue weighted by atomic mass is 16.3. The first kappa shape index (κ1) is 13.2. The molecular formula is C14H11N3O4. The molecule has 1 aliphatic rings. The van der Waals surface area contributed by atoms with E-state index in [-0.39, 0.29) is 6.42 Å². The van der Waals surface area contributed by atoms with Gasteiger partial charge in [-0.3, -0.25) is 25.2 Å². The molecule has 4 amide bonds. The Morgan fingerprint density at radius 1 is 1.00 bits per heavy atom. The lowest BCUT2D eigenvalue weighted by Gasteiger charge is -2.28. The van der Waals surface area contributed by atoms with Gasteiger partial charge in [-0.25, -0.2) is 4.79 Å². The van der Waals surface area contributed by atoms with Gasteiger partial charge in [0.05, 0.1) is 5.52 Å². The number of rotatable bonds is 2. The molecule has 1 fully saturated rings. The van der Waals surface area contributed by atoms with Gasteiger partial charge >= 0.3 is 6.03 Å². The average molecular weight is 285 g/mol. The molecule has 1 aromatic heterocycles. The number of fused-ring (bicyclic) bond motifs is 1. The third-order valence-electron chi connectivity index (χ3n) is 3.30. The number of pyridine rings is 1. The number of nitrogens with one attached hydrogen (secondary N) is 2. The highest BCUT2D eigenvalue weighted by molar-refractivity contribution is 6.21. The molecule has 0 saturated carbocycles. The van der Waals surface area contributed by atoms with Crippen molar-refractivity contribution in [3.63, 3.8) is 0 Å². The zero-order valence-corrected chi connectivity index (χ0v) is 10.8. The first-order valence-electron chi connectivity index (χ1n) is 6.23. The zero-order chi connectivity index (χ0) is 15.0. The van der Waals surface area contributed by atoms with Gasteiger partial charge in [0.1, 0.15) is 0 Å². The van der Waals surface area contributed by atoms with Crippen molar-refractivity contribution in [2.24, 2.45) is 0 Å². The summed E-state index contributed by atoms with van der Waals surface area (Å²) in [7, 11) is 0. The summed E-state index contributed by atoms with van der Waals surface area (Å²) in [6.07, 6.45) is -0.317. The number of aromatic nitrogens is 1. The molecule has 7 heteroatoms. The number of benzene rings is 1. The van der Waals surface area contributed by atoms with Crippen LogP contribution in [0.4, 0.5) is 4.79 Å². The Labute approximate surface area is 119 Å². The molecule has 3 rings (SSSR count). The predicted molar refractivity (Wildman–Crippen MR) is 72.1 cm³/mol. The van der Waals surface area contributed by atoms with Crippen molar-refractivity contribution in [2.75, 3.05) is 0 Å². The number of amides is 4. The Morgan fingerprint density at radius 3 is 2.38 bits per heavy atom. The smallest absolute Gasteiger partial charge is 0.328 e. The van der Waals surface area contributed by atoms with E-state index >= 15 is 0 Å². The minimum Gasteiger partial charge on any atom is -0.371 e. The number of hydrogen-bond donors (Lipinski definition) is 3. The molecule has 2 aromatic rings. The largest absolute Gasteiger partial charge is 0.371 e. The van der Waals surface area contributed by atoms with Crippen LogP contribution < -0.4 is 10.6 Å². The van der Waals surface area contributed by atoms with Gasteiger partial charge in [0.2, 0.25) is 5.60 Å². The van der Waals surface area contributed by atoms with E-state index in [0.29, 0.717) is 11.2 Å². The van der Waals surface area contributed by atoms with Crippen molar-refractivity contribution >= 4 is 28.7 Å². The summed E-state index contributed by atoms with van der Waals surface area (Å²) in [6.45, 7) is 0. The number of carbonyl (C=O) groups excluding carboxylic acids is 3. The summed E-state index contributed by atoms with van der Waals surface area (Å²) >= 11 is 0. The van der Waals surface area contributed by atoms with Crippen LogP contribution in [0.3, 0.4) is 0 Å². The van der Waals surface area contributed by atoms with Gasteiger partial charge < -0.3 is 5.11 Å². The molecule has 0 radical (unpaired) electrons. The molecule has 1 saturated heterocycles. The van der Waals surface area contributed by atoms with E-state index < -0.39 is 23.4 Å². The van der Waals surface area contributed by atoms with E-state index in [9.17, 15) is 19.5 Å². The van der Waals surface area contributed by atoms with Crippen LogP contribution in [0.5, 0.6) is 0 Å². The van der Waals surface area contributed by atoms with Gasteiger partial charge in [0.25, 0.3) is 11.8 Å². The van der Waals surface area contributed by atoms with Crippen LogP contribution in [-0.4, -0.2) is 33.5 Å². The monoisotopic (exact) mass is 285 g/mol. The fourth-order valence-electron chi connectivity index (χ4n) is 2.18. The fraction of sp³-hybridized carbons (Fsp3) is 0.143. The maximum Gasteiger partial charge on any atom is 0.328 e. The Bertz CT molecular complexity index is 752. The van der Waals surface area contributed by atoms with Crippen molar-refractivity contribution in [3.05, 3.63) is 42.1 Å². The lowest BCUT2D eigenvalue weighted by molar-refractivity contribution is -0.154. The van der Waals surface area contributed by atoms with E-state index in [2.05, 4.69) is 4.98 Å². The van der Waals surface area contributed by atoms with E-state index in [4.69, 9.17) is 0 Å². The van der Waals surface area contributed by atoms with Crippen molar-refractivity contribution in [1.29, 1.82) is 0 Å². The van der Waals surface area contributed by atoms with Crippen molar-refractivity contribution in [3.8, 4) is 0 Å². The Kier molecular flexibility index (Phi) is 2.91. The van der Waals surface area contributed by atoms with Gasteiger partial charge in [0.15, 0.2) is 0 Å². The van der Waals surface area contributed by atoms with Crippen LogP contribution in [0.15, 0.2) is 36.4 Å². The summed E-state index contributed by atoms with van der Waals surface area (Å²) in [5, 5.41) is 14.9. The molecular weight excluding hydrogens is 274 g/mol. The minimum absolute atomic E-state index is 0.317. The van der Waals surface area contributed by atoms with Crippen LogP contribution in [0.1, 0.15) is 5.69 Å². The second-order valence-corrected chi connectivity index (χ2v) is 4.77. The number of imide groups is 2. The number of para-hydroxylation sites is 1. The van der Waals surface area contributed by atoms with Gasteiger partial charge in [0, 0.05) is 17.5 Å². The standard InChI is InChI=1S/C14H11N3O4/c18-11-14(21,12(19)17-13(20)16-11)7-9-6-5-8-3-1-2-4-10(8)15-9/h1-6,21H,7H2,(H2,16,17,18,19,20). The van der Waals surface area contributed by atoms with Gasteiger partial charge in [-0.2, -0.15) is 0 Å². The van der Waals surface area contributed by atoms with E-state index in [1.54, 1.807) is 18.2 Å². The summed E-state index contributed by atoms with van der Waals surface area (Å²) in [5.74, 6) is -2.10. The maximum absolute atomic E-state index is 11.7. The third kappa shape index (κ3) is 2.23. The molecule has 106 valence electrons. The van der Waals surface area contributed by atoms with Crippen LogP contribution in [0.2, 0.25) is 0 Å². The van der Waals surface area contributed by atoms with Gasteiger partial charge in [-0.1, -0.05) is 24.3 Å². The van der Waals surface area contributed by atoms with Crippen LogP contribution in [0, 0.1) is 0 Å². The zero-order valence-electron chi connectivity index (χ0n) is 10.8. The van der Waals surface area contributed by atoms with E-state index in [1.807, 2.05) is 28.8 Å². The SMILES string of the molecule is O=C1NC(=O)C(O)(Cc2ccc3ccccc3n2)C(=O)N1. The molecule has 0 unspecified atom stereocenters. The predicted octanol–water partition coefficient (Wildman–Crippen LogP) is -0.126. The summed E-state index contributed by atoms with van der Waals surface area (Å²) in [5.41, 5.74) is -1.29. The van der Waals surface area contributed by atoms with Gasteiger partial charge in [-0.15, -0.1) is 0 Å². The van der Waals surface area contributed by atoms with Crippen LogP contribution in [0.25, 0.3) is 10.9 Å². The summed E-state index contributed by atoms with van der Waals surface area (Å²) in [6, 6.07) is 9.80. The third-order valence-corrected chi connectivity index (χ3v) is 3.30. The Morgan fingerprint density at radius 2 is 1.67 bits per heavy atom. The molecule has 2 heterocycles. The number of nitrogens with zero attached hydrogens (tertiary/aromatic N) is 1. The number of urea groups is 1. The number of hydrogen-bond acceptors (Lipinski definition) is 5. The molecule has 0 spiro atoms. The average Bonchev–Trinajstić information content (AvgIpc) is 2.45. The van der Waals surface area contributed by atoms with Crippen molar-refractivity contribution in [1.82, 2.24) is 15.6 Å². The highest BCUT2D eigenvalue weighted by Crippen LogP contribution is 2.18. The normalized spacial score (nSPS) is 17.5. The van der Waals surface area contributed by atoms with Crippen LogP contribution in [-0.2, 0) is 16.0 Å². The van der Waals surface area contributed by atoms with E-state index in [1.165, 1.54) is 0 Å². The number of barbiturate groups is 1. The fourth-order valence-corrected chi connectivity index (χ4v) is 2.18. The molecule has 1 aromatic carbocycles. The molecule has 7 nitrogen and oxygen atoms in total. The summed E-state index contributed by atoms with van der Waals surface area (Å²) < 4.78 is 0. The minimum atomic E-state index is -2.34. The lowest BCUT2D eigenvalue weighted by Crippen LogP contribution is -2.67. The molecule has 1 aliphatic heterocycles. The molecule has 3 N–H and O–H groups in total. The quantitative estimate of drug-likeness (QED) is 0.666.